The molecular formula is C19H33N5O3. The van der Waals surface area contributed by atoms with Gasteiger partial charge in [-0.05, 0) is 54.4 Å². The molecule has 2 rings (SSSR count). The fraction of sp³-hybridized carbons (Fsp3) is 0.737. The molecule has 2 heterocycles. The van der Waals surface area contributed by atoms with Crippen LogP contribution in [0.15, 0.2) is 9.52 Å². The van der Waals surface area contributed by atoms with Gasteiger partial charge in [0, 0.05) is 31.7 Å². The Morgan fingerprint density at radius 3 is 2.63 bits per heavy atom. The van der Waals surface area contributed by atoms with E-state index in [1.807, 2.05) is 41.5 Å². The highest BCUT2D eigenvalue weighted by Crippen LogP contribution is 2.16. The van der Waals surface area contributed by atoms with E-state index in [1.54, 1.807) is 4.90 Å². The van der Waals surface area contributed by atoms with Crippen molar-refractivity contribution in [1.29, 1.82) is 0 Å². The van der Waals surface area contributed by atoms with Crippen LogP contribution in [0.1, 0.15) is 51.1 Å². The monoisotopic (exact) mass is 379 g/mol. The highest BCUT2D eigenvalue weighted by molar-refractivity contribution is 5.80. The summed E-state index contributed by atoms with van der Waals surface area (Å²) in [7, 11) is 0. The zero-order valence-corrected chi connectivity index (χ0v) is 17.4. The molecule has 8 nitrogen and oxygen atoms in total. The fourth-order valence-corrected chi connectivity index (χ4v) is 2.86. The predicted octanol–water partition coefficient (Wildman–Crippen LogP) is 2.40. The zero-order valence-electron chi connectivity index (χ0n) is 17.4. The van der Waals surface area contributed by atoms with E-state index in [9.17, 15) is 4.79 Å². The molecule has 8 heteroatoms. The number of rotatable bonds is 6. The van der Waals surface area contributed by atoms with E-state index >= 15 is 0 Å². The van der Waals surface area contributed by atoms with Crippen molar-refractivity contribution >= 4 is 12.1 Å². The summed E-state index contributed by atoms with van der Waals surface area (Å²) >= 11 is 0. The normalized spacial score (nSPS) is 15.5. The van der Waals surface area contributed by atoms with Crippen molar-refractivity contribution in [3.8, 4) is 0 Å². The van der Waals surface area contributed by atoms with Gasteiger partial charge in [-0.1, -0.05) is 5.16 Å². The molecule has 2 N–H and O–H groups in total. The minimum atomic E-state index is -0.465. The summed E-state index contributed by atoms with van der Waals surface area (Å²) in [6.07, 6.45) is 1.57. The smallest absolute Gasteiger partial charge is 0.410 e. The third-order valence-corrected chi connectivity index (χ3v) is 4.25. The Labute approximate surface area is 161 Å². The fourth-order valence-electron chi connectivity index (χ4n) is 2.86. The van der Waals surface area contributed by atoms with Crippen molar-refractivity contribution in [2.24, 2.45) is 4.99 Å². The van der Waals surface area contributed by atoms with Crippen molar-refractivity contribution in [3.63, 3.8) is 0 Å². The van der Waals surface area contributed by atoms with Crippen molar-refractivity contribution < 1.29 is 14.1 Å². The van der Waals surface area contributed by atoms with Crippen LogP contribution in [-0.4, -0.2) is 59.9 Å². The number of nitrogens with one attached hydrogen (secondary N) is 2. The lowest BCUT2D eigenvalue weighted by Crippen LogP contribution is -2.63. The predicted molar refractivity (Wildman–Crippen MR) is 105 cm³/mol. The molecule has 1 aromatic rings. The van der Waals surface area contributed by atoms with Crippen LogP contribution in [0.5, 0.6) is 0 Å². The number of likely N-dealkylation sites (tertiary alicyclic amines) is 1. The van der Waals surface area contributed by atoms with Crippen molar-refractivity contribution in [1.82, 2.24) is 20.7 Å². The minimum Gasteiger partial charge on any atom is -0.444 e. The Morgan fingerprint density at radius 1 is 1.37 bits per heavy atom. The number of amides is 1. The number of hydrogen-bond donors (Lipinski definition) is 2. The minimum absolute atomic E-state index is 0.192. The number of aliphatic imine (C=N–C) groups is 1. The van der Waals surface area contributed by atoms with Crippen LogP contribution in [0.25, 0.3) is 0 Å². The van der Waals surface area contributed by atoms with Crippen LogP contribution in [0.3, 0.4) is 0 Å². The second-order valence-electron chi connectivity index (χ2n) is 7.89. The summed E-state index contributed by atoms with van der Waals surface area (Å²) in [5.41, 5.74) is 1.67. The molecule has 0 unspecified atom stereocenters. The Hall–Kier alpha value is -2.25. The SMILES string of the molecule is CCNC(=NCCCc1c(C)noc1C)NC1CN(C(=O)OC(C)(C)C)C1. The molecule has 1 aliphatic rings. The van der Waals surface area contributed by atoms with Crippen molar-refractivity contribution in [3.05, 3.63) is 17.0 Å². The Kier molecular flexibility index (Phi) is 7.10. The molecule has 1 amide bonds. The molecule has 0 saturated carbocycles. The van der Waals surface area contributed by atoms with Crippen LogP contribution >= 0.6 is 0 Å². The molecule has 0 bridgehead atoms. The van der Waals surface area contributed by atoms with Gasteiger partial charge in [0.1, 0.15) is 11.4 Å². The Morgan fingerprint density at radius 2 is 2.07 bits per heavy atom. The van der Waals surface area contributed by atoms with E-state index in [2.05, 4.69) is 20.8 Å². The van der Waals surface area contributed by atoms with E-state index in [-0.39, 0.29) is 12.1 Å². The van der Waals surface area contributed by atoms with Crippen LogP contribution in [-0.2, 0) is 11.2 Å². The van der Waals surface area contributed by atoms with E-state index in [0.29, 0.717) is 19.6 Å². The lowest BCUT2D eigenvalue weighted by molar-refractivity contribution is 0.00701. The second kappa shape index (κ2) is 9.10. The van der Waals surface area contributed by atoms with E-state index < -0.39 is 5.60 Å². The molecular weight excluding hydrogens is 346 g/mol. The molecule has 27 heavy (non-hydrogen) atoms. The number of aryl methyl sites for hydroxylation is 2. The average Bonchev–Trinajstić information content (AvgIpc) is 2.83. The molecule has 1 fully saturated rings. The van der Waals surface area contributed by atoms with Gasteiger partial charge in [-0.3, -0.25) is 4.99 Å². The molecule has 0 radical (unpaired) electrons. The first-order valence-corrected chi connectivity index (χ1v) is 9.64. The first-order chi connectivity index (χ1) is 12.7. The van der Waals surface area contributed by atoms with Gasteiger partial charge in [-0.25, -0.2) is 4.79 Å². The summed E-state index contributed by atoms with van der Waals surface area (Å²) < 4.78 is 10.6. The molecule has 1 aromatic heterocycles. The summed E-state index contributed by atoms with van der Waals surface area (Å²) in [6.45, 7) is 14.3. The molecule has 0 aromatic carbocycles. The quantitative estimate of drug-likeness (QED) is 0.448. The summed E-state index contributed by atoms with van der Waals surface area (Å²) in [5.74, 6) is 1.67. The van der Waals surface area contributed by atoms with E-state index in [1.165, 1.54) is 5.56 Å². The molecule has 0 aliphatic carbocycles. The van der Waals surface area contributed by atoms with Gasteiger partial charge in [0.2, 0.25) is 0 Å². The summed E-state index contributed by atoms with van der Waals surface area (Å²) in [5, 5.41) is 10.6. The average molecular weight is 380 g/mol. The Bertz CT molecular complexity index is 637. The summed E-state index contributed by atoms with van der Waals surface area (Å²) in [4.78, 5) is 18.3. The van der Waals surface area contributed by atoms with Crippen LogP contribution in [0.4, 0.5) is 4.79 Å². The number of carbonyl (C=O) groups is 1. The van der Waals surface area contributed by atoms with Gasteiger partial charge in [-0.2, -0.15) is 0 Å². The highest BCUT2D eigenvalue weighted by Gasteiger charge is 2.34. The molecule has 152 valence electrons. The Balaban J connectivity index is 1.75. The number of guanidine groups is 1. The first kappa shape index (κ1) is 21.1. The molecule has 1 aliphatic heterocycles. The third-order valence-electron chi connectivity index (χ3n) is 4.25. The van der Waals surface area contributed by atoms with Gasteiger partial charge in [0.25, 0.3) is 0 Å². The van der Waals surface area contributed by atoms with Crippen molar-refractivity contribution in [2.75, 3.05) is 26.2 Å². The van der Waals surface area contributed by atoms with Gasteiger partial charge in [0.05, 0.1) is 11.7 Å². The third kappa shape index (κ3) is 6.45. The maximum Gasteiger partial charge on any atom is 0.410 e. The highest BCUT2D eigenvalue weighted by atomic mass is 16.6. The zero-order chi connectivity index (χ0) is 20.0. The number of carbonyl (C=O) groups excluding carboxylic acids is 1. The van der Waals surface area contributed by atoms with Crippen LogP contribution in [0.2, 0.25) is 0 Å². The van der Waals surface area contributed by atoms with Gasteiger partial charge >= 0.3 is 6.09 Å². The van der Waals surface area contributed by atoms with Crippen LogP contribution in [0, 0.1) is 13.8 Å². The number of ether oxygens (including phenoxy) is 1. The standard InChI is InChI=1S/C19H33N5O3/c1-7-20-17(21-10-8-9-16-13(2)23-27-14(16)3)22-15-11-24(12-15)18(25)26-19(4,5)6/h15H,7-12H2,1-6H3,(H2,20,21,22). The summed E-state index contributed by atoms with van der Waals surface area (Å²) in [6, 6.07) is 0.192. The van der Waals surface area contributed by atoms with Gasteiger partial charge in [0.15, 0.2) is 5.96 Å². The second-order valence-corrected chi connectivity index (χ2v) is 7.89. The number of aromatic nitrogens is 1. The maximum absolute atomic E-state index is 12.0. The number of hydrogen-bond acceptors (Lipinski definition) is 5. The molecule has 0 spiro atoms. The van der Waals surface area contributed by atoms with Crippen LogP contribution < -0.4 is 10.6 Å². The van der Waals surface area contributed by atoms with Gasteiger partial charge in [-0.15, -0.1) is 0 Å². The molecule has 0 atom stereocenters. The van der Waals surface area contributed by atoms with Gasteiger partial charge < -0.3 is 24.8 Å². The van der Waals surface area contributed by atoms with Crippen molar-refractivity contribution in [2.45, 2.75) is 66.0 Å². The maximum atomic E-state index is 12.0. The first-order valence-electron chi connectivity index (χ1n) is 9.64. The lowest BCUT2D eigenvalue weighted by Gasteiger charge is -2.40. The largest absolute Gasteiger partial charge is 0.444 e. The van der Waals surface area contributed by atoms with E-state index in [4.69, 9.17) is 9.26 Å². The van der Waals surface area contributed by atoms with E-state index in [0.717, 1.165) is 36.8 Å². The lowest BCUT2D eigenvalue weighted by atomic mass is 10.1. The number of nitrogens with zero attached hydrogens (tertiary/aromatic N) is 3. The topological polar surface area (TPSA) is 92.0 Å². The molecule has 1 saturated heterocycles.